The fourth-order valence-corrected chi connectivity index (χ4v) is 1.98. The SMILES string of the molecule is CCNCc1cnc(N(C)CC(F)(F)F)s1. The van der Waals surface area contributed by atoms with E-state index in [2.05, 4.69) is 10.3 Å². The van der Waals surface area contributed by atoms with Crippen LogP contribution in [0.3, 0.4) is 0 Å². The van der Waals surface area contributed by atoms with Crippen molar-refractivity contribution in [1.29, 1.82) is 0 Å². The number of halogens is 3. The van der Waals surface area contributed by atoms with Crippen molar-refractivity contribution in [2.75, 3.05) is 25.0 Å². The normalized spacial score (nSPS) is 11.8. The highest BCUT2D eigenvalue weighted by molar-refractivity contribution is 7.15. The zero-order valence-corrected chi connectivity index (χ0v) is 9.95. The number of nitrogens with zero attached hydrogens (tertiary/aromatic N) is 2. The number of hydrogen-bond acceptors (Lipinski definition) is 4. The summed E-state index contributed by atoms with van der Waals surface area (Å²) < 4.78 is 36.4. The number of anilines is 1. The quantitative estimate of drug-likeness (QED) is 0.872. The second-order valence-corrected chi connectivity index (χ2v) is 4.45. The molecule has 92 valence electrons. The van der Waals surface area contributed by atoms with Gasteiger partial charge in [0.05, 0.1) is 0 Å². The zero-order valence-electron chi connectivity index (χ0n) is 9.14. The average molecular weight is 253 g/mol. The number of alkyl halides is 3. The van der Waals surface area contributed by atoms with Gasteiger partial charge in [0, 0.05) is 24.7 Å². The Morgan fingerprint density at radius 1 is 1.50 bits per heavy atom. The van der Waals surface area contributed by atoms with Crippen molar-refractivity contribution in [2.45, 2.75) is 19.6 Å². The van der Waals surface area contributed by atoms with E-state index in [9.17, 15) is 13.2 Å². The summed E-state index contributed by atoms with van der Waals surface area (Å²) >= 11 is 1.27. The van der Waals surface area contributed by atoms with Gasteiger partial charge in [-0.3, -0.25) is 0 Å². The number of nitrogens with one attached hydrogen (secondary N) is 1. The summed E-state index contributed by atoms with van der Waals surface area (Å²) in [6, 6.07) is 0. The van der Waals surface area contributed by atoms with Crippen LogP contribution in [0.1, 0.15) is 11.8 Å². The predicted octanol–water partition coefficient (Wildman–Crippen LogP) is 2.25. The maximum Gasteiger partial charge on any atom is 0.405 e. The summed E-state index contributed by atoms with van der Waals surface area (Å²) in [5.74, 6) is 0. The first kappa shape index (κ1) is 13.2. The lowest BCUT2D eigenvalue weighted by molar-refractivity contribution is -0.119. The second kappa shape index (κ2) is 5.49. The summed E-state index contributed by atoms with van der Waals surface area (Å²) in [6.45, 7) is 2.47. The summed E-state index contributed by atoms with van der Waals surface area (Å²) in [6.07, 6.45) is -2.59. The third-order valence-corrected chi connectivity index (χ3v) is 2.95. The van der Waals surface area contributed by atoms with E-state index in [4.69, 9.17) is 0 Å². The molecule has 1 N–H and O–H groups in total. The van der Waals surface area contributed by atoms with Gasteiger partial charge in [-0.25, -0.2) is 4.98 Å². The first-order valence-corrected chi connectivity index (χ1v) is 5.67. The third kappa shape index (κ3) is 4.36. The van der Waals surface area contributed by atoms with E-state index in [1.165, 1.54) is 18.4 Å². The van der Waals surface area contributed by atoms with Gasteiger partial charge in [-0.05, 0) is 6.54 Å². The Labute approximate surface area is 96.3 Å². The predicted molar refractivity (Wildman–Crippen MR) is 58.8 cm³/mol. The monoisotopic (exact) mass is 253 g/mol. The molecule has 1 aromatic heterocycles. The molecule has 0 atom stereocenters. The standard InChI is InChI=1S/C9H14F3N3S/c1-3-13-4-7-5-14-8(16-7)15(2)6-9(10,11)12/h5,13H,3-4,6H2,1-2H3. The van der Waals surface area contributed by atoms with Crippen LogP contribution in [0.15, 0.2) is 6.20 Å². The van der Waals surface area contributed by atoms with Gasteiger partial charge in [0.25, 0.3) is 0 Å². The molecule has 0 amide bonds. The number of rotatable bonds is 5. The molecule has 0 aliphatic rings. The van der Waals surface area contributed by atoms with Gasteiger partial charge in [0.2, 0.25) is 0 Å². The first-order valence-electron chi connectivity index (χ1n) is 4.85. The molecule has 0 spiro atoms. The molecule has 0 unspecified atom stereocenters. The molecule has 0 aliphatic carbocycles. The van der Waals surface area contributed by atoms with E-state index >= 15 is 0 Å². The molecule has 7 heteroatoms. The van der Waals surface area contributed by atoms with Crippen LogP contribution in [0.2, 0.25) is 0 Å². The summed E-state index contributed by atoms with van der Waals surface area (Å²) in [7, 11) is 1.39. The Morgan fingerprint density at radius 2 is 2.19 bits per heavy atom. The lowest BCUT2D eigenvalue weighted by Crippen LogP contribution is -2.30. The lowest BCUT2D eigenvalue weighted by Gasteiger charge is -2.17. The van der Waals surface area contributed by atoms with Crippen molar-refractivity contribution >= 4 is 16.5 Å². The average Bonchev–Trinajstić information content (AvgIpc) is 2.60. The smallest absolute Gasteiger partial charge is 0.342 e. The lowest BCUT2D eigenvalue weighted by atomic mass is 10.5. The molecule has 0 aromatic carbocycles. The molecule has 1 heterocycles. The van der Waals surface area contributed by atoms with E-state index < -0.39 is 12.7 Å². The van der Waals surface area contributed by atoms with Gasteiger partial charge >= 0.3 is 6.18 Å². The van der Waals surface area contributed by atoms with Gasteiger partial charge in [-0.15, -0.1) is 11.3 Å². The third-order valence-electron chi connectivity index (χ3n) is 1.83. The molecular weight excluding hydrogens is 239 g/mol. The van der Waals surface area contributed by atoms with Gasteiger partial charge < -0.3 is 10.2 Å². The maximum atomic E-state index is 12.1. The largest absolute Gasteiger partial charge is 0.405 e. The first-order chi connectivity index (χ1) is 7.42. The highest BCUT2D eigenvalue weighted by Gasteiger charge is 2.30. The Morgan fingerprint density at radius 3 is 2.75 bits per heavy atom. The zero-order chi connectivity index (χ0) is 12.2. The molecule has 0 aliphatic heterocycles. The Bertz CT molecular complexity index is 324. The summed E-state index contributed by atoms with van der Waals surface area (Å²) in [5, 5.41) is 3.49. The Hall–Kier alpha value is -0.820. The van der Waals surface area contributed by atoms with Gasteiger partial charge in [0.15, 0.2) is 5.13 Å². The molecule has 0 saturated heterocycles. The summed E-state index contributed by atoms with van der Waals surface area (Å²) in [5.41, 5.74) is 0. The fourth-order valence-electron chi connectivity index (χ4n) is 1.14. The van der Waals surface area contributed by atoms with Crippen molar-refractivity contribution < 1.29 is 13.2 Å². The van der Waals surface area contributed by atoms with Crippen LogP contribution < -0.4 is 10.2 Å². The van der Waals surface area contributed by atoms with E-state index in [-0.39, 0.29) is 0 Å². The van der Waals surface area contributed by atoms with Crippen molar-refractivity contribution in [1.82, 2.24) is 10.3 Å². The highest BCUT2D eigenvalue weighted by atomic mass is 32.1. The van der Waals surface area contributed by atoms with E-state index in [1.807, 2.05) is 6.92 Å². The van der Waals surface area contributed by atoms with Crippen LogP contribution in [-0.2, 0) is 6.54 Å². The van der Waals surface area contributed by atoms with Crippen molar-refractivity contribution in [3.05, 3.63) is 11.1 Å². The van der Waals surface area contributed by atoms with Crippen molar-refractivity contribution in [3.63, 3.8) is 0 Å². The van der Waals surface area contributed by atoms with Crippen molar-refractivity contribution in [3.8, 4) is 0 Å². The number of hydrogen-bond donors (Lipinski definition) is 1. The molecule has 0 fully saturated rings. The second-order valence-electron chi connectivity index (χ2n) is 3.36. The topological polar surface area (TPSA) is 28.2 Å². The van der Waals surface area contributed by atoms with Crippen molar-refractivity contribution in [2.24, 2.45) is 0 Å². The molecular formula is C9H14F3N3S. The Kier molecular flexibility index (Phi) is 4.55. The van der Waals surface area contributed by atoms with Crippen LogP contribution in [0.25, 0.3) is 0 Å². The maximum absolute atomic E-state index is 12.1. The van der Waals surface area contributed by atoms with Gasteiger partial charge in [-0.1, -0.05) is 6.92 Å². The van der Waals surface area contributed by atoms with Crippen LogP contribution >= 0.6 is 11.3 Å². The molecule has 1 rings (SSSR count). The highest BCUT2D eigenvalue weighted by Crippen LogP contribution is 2.24. The fraction of sp³-hybridized carbons (Fsp3) is 0.667. The molecule has 3 nitrogen and oxygen atoms in total. The molecule has 0 bridgehead atoms. The van der Waals surface area contributed by atoms with Crippen LogP contribution in [0.4, 0.5) is 18.3 Å². The molecule has 16 heavy (non-hydrogen) atoms. The summed E-state index contributed by atoms with van der Waals surface area (Å²) in [4.78, 5) is 6.00. The van der Waals surface area contributed by atoms with Gasteiger partial charge in [0.1, 0.15) is 6.54 Å². The minimum Gasteiger partial charge on any atom is -0.342 e. The van der Waals surface area contributed by atoms with E-state index in [1.54, 1.807) is 6.20 Å². The van der Waals surface area contributed by atoms with Crippen LogP contribution in [0.5, 0.6) is 0 Å². The molecule has 0 radical (unpaired) electrons. The number of thiazole rings is 1. The minimum atomic E-state index is -4.19. The van der Waals surface area contributed by atoms with Crippen LogP contribution in [-0.4, -0.2) is 31.3 Å². The van der Waals surface area contributed by atoms with Gasteiger partial charge in [-0.2, -0.15) is 13.2 Å². The van der Waals surface area contributed by atoms with Crippen LogP contribution in [0, 0.1) is 0 Å². The molecule has 0 saturated carbocycles. The van der Waals surface area contributed by atoms with E-state index in [0.29, 0.717) is 11.7 Å². The van der Waals surface area contributed by atoms with E-state index in [0.717, 1.165) is 16.3 Å². The molecule has 1 aromatic rings. The Balaban J connectivity index is 2.56. The minimum absolute atomic E-state index is 0.394. The number of aromatic nitrogens is 1.